The average Bonchev–Trinajstić information content (AvgIpc) is 2.48. The zero-order chi connectivity index (χ0) is 15.2. The maximum Gasteiger partial charge on any atom is 0.241 e. The SMILES string of the molecule is CC(=O)N(C)Cc1cccc(NC(=O)[C@@H]2CCCCN2)c1. The van der Waals surface area contributed by atoms with Gasteiger partial charge in [-0.2, -0.15) is 0 Å². The topological polar surface area (TPSA) is 61.4 Å². The first-order valence-corrected chi connectivity index (χ1v) is 7.41. The van der Waals surface area contributed by atoms with Crippen molar-refractivity contribution in [3.05, 3.63) is 29.8 Å². The van der Waals surface area contributed by atoms with E-state index in [1.807, 2.05) is 24.3 Å². The van der Waals surface area contributed by atoms with Crippen LogP contribution in [0.5, 0.6) is 0 Å². The lowest BCUT2D eigenvalue weighted by Crippen LogP contribution is -2.43. The van der Waals surface area contributed by atoms with Crippen molar-refractivity contribution in [2.24, 2.45) is 0 Å². The first kappa shape index (κ1) is 15.5. The number of amides is 2. The summed E-state index contributed by atoms with van der Waals surface area (Å²) >= 11 is 0. The Morgan fingerprint density at radius 2 is 2.19 bits per heavy atom. The number of nitrogens with one attached hydrogen (secondary N) is 2. The Hall–Kier alpha value is -1.88. The number of benzene rings is 1. The van der Waals surface area contributed by atoms with Crippen LogP contribution in [0.2, 0.25) is 0 Å². The standard InChI is InChI=1S/C16H23N3O2/c1-12(20)19(2)11-13-6-5-7-14(10-13)18-16(21)15-8-3-4-9-17-15/h5-7,10,15,17H,3-4,8-9,11H2,1-2H3,(H,18,21)/t15-/m0/s1. The minimum Gasteiger partial charge on any atom is -0.342 e. The van der Waals surface area contributed by atoms with E-state index in [2.05, 4.69) is 10.6 Å². The van der Waals surface area contributed by atoms with Gasteiger partial charge in [0.2, 0.25) is 11.8 Å². The fraction of sp³-hybridized carbons (Fsp3) is 0.500. The van der Waals surface area contributed by atoms with E-state index in [0.29, 0.717) is 6.54 Å². The van der Waals surface area contributed by atoms with Gasteiger partial charge in [-0.05, 0) is 37.1 Å². The molecule has 21 heavy (non-hydrogen) atoms. The number of nitrogens with zero attached hydrogens (tertiary/aromatic N) is 1. The Kier molecular flexibility index (Phi) is 5.33. The molecule has 0 saturated carbocycles. The molecule has 5 nitrogen and oxygen atoms in total. The molecule has 114 valence electrons. The number of carbonyl (C=O) groups excluding carboxylic acids is 2. The lowest BCUT2D eigenvalue weighted by molar-refractivity contribution is -0.128. The van der Waals surface area contributed by atoms with Gasteiger partial charge in [0.15, 0.2) is 0 Å². The summed E-state index contributed by atoms with van der Waals surface area (Å²) in [6, 6.07) is 7.54. The molecule has 1 aromatic rings. The van der Waals surface area contributed by atoms with Gasteiger partial charge in [-0.15, -0.1) is 0 Å². The third-order valence-electron chi connectivity index (χ3n) is 3.78. The molecule has 1 fully saturated rings. The van der Waals surface area contributed by atoms with Gasteiger partial charge < -0.3 is 15.5 Å². The Labute approximate surface area is 125 Å². The number of rotatable bonds is 4. The minimum atomic E-state index is -0.0951. The van der Waals surface area contributed by atoms with Gasteiger partial charge in [0.1, 0.15) is 0 Å². The van der Waals surface area contributed by atoms with E-state index >= 15 is 0 Å². The van der Waals surface area contributed by atoms with Gasteiger partial charge in [-0.1, -0.05) is 18.6 Å². The molecule has 1 aromatic carbocycles. The van der Waals surface area contributed by atoms with E-state index in [0.717, 1.165) is 37.1 Å². The van der Waals surface area contributed by atoms with Crippen molar-refractivity contribution in [3.8, 4) is 0 Å². The van der Waals surface area contributed by atoms with E-state index in [1.54, 1.807) is 18.9 Å². The Morgan fingerprint density at radius 1 is 1.38 bits per heavy atom. The van der Waals surface area contributed by atoms with Crippen molar-refractivity contribution < 1.29 is 9.59 Å². The summed E-state index contributed by atoms with van der Waals surface area (Å²) in [6.45, 7) is 2.99. The molecule has 1 saturated heterocycles. The molecule has 5 heteroatoms. The average molecular weight is 289 g/mol. The van der Waals surface area contributed by atoms with Crippen molar-refractivity contribution >= 4 is 17.5 Å². The largest absolute Gasteiger partial charge is 0.342 e. The second-order valence-corrected chi connectivity index (χ2v) is 5.57. The molecule has 0 bridgehead atoms. The molecule has 0 spiro atoms. The van der Waals surface area contributed by atoms with E-state index in [-0.39, 0.29) is 17.9 Å². The molecule has 0 aliphatic carbocycles. The summed E-state index contributed by atoms with van der Waals surface area (Å²) in [6.07, 6.45) is 3.11. The maximum atomic E-state index is 12.2. The molecule has 1 aliphatic rings. The first-order valence-electron chi connectivity index (χ1n) is 7.41. The van der Waals surface area contributed by atoms with Crippen LogP contribution >= 0.6 is 0 Å². The van der Waals surface area contributed by atoms with Gasteiger partial charge in [-0.3, -0.25) is 9.59 Å². The van der Waals surface area contributed by atoms with Crippen LogP contribution < -0.4 is 10.6 Å². The fourth-order valence-electron chi connectivity index (χ4n) is 2.44. The zero-order valence-electron chi connectivity index (χ0n) is 12.7. The highest BCUT2D eigenvalue weighted by atomic mass is 16.2. The number of anilines is 1. The Bertz CT molecular complexity index is 510. The Balaban J connectivity index is 1.97. The highest BCUT2D eigenvalue weighted by molar-refractivity contribution is 5.94. The van der Waals surface area contributed by atoms with Crippen LogP contribution in [-0.4, -0.2) is 36.3 Å². The second-order valence-electron chi connectivity index (χ2n) is 5.57. The predicted octanol–water partition coefficient (Wildman–Crippen LogP) is 1.75. The van der Waals surface area contributed by atoms with E-state index < -0.39 is 0 Å². The second kappa shape index (κ2) is 7.22. The summed E-state index contributed by atoms with van der Waals surface area (Å²) in [7, 11) is 1.76. The predicted molar refractivity (Wildman–Crippen MR) is 82.9 cm³/mol. The highest BCUT2D eigenvalue weighted by Gasteiger charge is 2.20. The molecule has 0 radical (unpaired) electrons. The highest BCUT2D eigenvalue weighted by Crippen LogP contribution is 2.14. The third kappa shape index (κ3) is 4.56. The number of carbonyl (C=O) groups is 2. The first-order chi connectivity index (χ1) is 10.1. The fourth-order valence-corrected chi connectivity index (χ4v) is 2.44. The lowest BCUT2D eigenvalue weighted by atomic mass is 10.0. The van der Waals surface area contributed by atoms with Gasteiger partial charge in [0.05, 0.1) is 6.04 Å². The normalized spacial score (nSPS) is 18.1. The monoisotopic (exact) mass is 289 g/mol. The molecule has 0 aromatic heterocycles. The molecule has 2 rings (SSSR count). The lowest BCUT2D eigenvalue weighted by Gasteiger charge is -2.22. The number of hydrogen-bond donors (Lipinski definition) is 2. The molecule has 1 aliphatic heterocycles. The third-order valence-corrected chi connectivity index (χ3v) is 3.78. The van der Waals surface area contributed by atoms with Crippen molar-refractivity contribution in [1.82, 2.24) is 10.2 Å². The molecular weight excluding hydrogens is 266 g/mol. The molecule has 1 atom stereocenters. The zero-order valence-corrected chi connectivity index (χ0v) is 12.7. The summed E-state index contributed by atoms with van der Waals surface area (Å²) in [4.78, 5) is 25.1. The van der Waals surface area contributed by atoms with Crippen LogP contribution in [0.25, 0.3) is 0 Å². The van der Waals surface area contributed by atoms with Crippen LogP contribution in [0.1, 0.15) is 31.7 Å². The van der Waals surface area contributed by atoms with E-state index in [9.17, 15) is 9.59 Å². The number of piperidine rings is 1. The number of hydrogen-bond acceptors (Lipinski definition) is 3. The summed E-state index contributed by atoms with van der Waals surface area (Å²) in [5.74, 6) is 0.0441. The molecular formula is C16H23N3O2. The van der Waals surface area contributed by atoms with Crippen LogP contribution in [0.4, 0.5) is 5.69 Å². The van der Waals surface area contributed by atoms with E-state index in [4.69, 9.17) is 0 Å². The van der Waals surface area contributed by atoms with Crippen LogP contribution in [-0.2, 0) is 16.1 Å². The smallest absolute Gasteiger partial charge is 0.241 e. The molecule has 2 amide bonds. The minimum absolute atomic E-state index is 0.0202. The van der Waals surface area contributed by atoms with Crippen molar-refractivity contribution in [2.75, 3.05) is 18.9 Å². The molecule has 1 heterocycles. The summed E-state index contributed by atoms with van der Waals surface area (Å²) < 4.78 is 0. The van der Waals surface area contributed by atoms with Gasteiger partial charge in [0, 0.05) is 26.2 Å². The quantitative estimate of drug-likeness (QED) is 0.887. The van der Waals surface area contributed by atoms with Gasteiger partial charge >= 0.3 is 0 Å². The summed E-state index contributed by atoms with van der Waals surface area (Å²) in [5, 5.41) is 6.19. The van der Waals surface area contributed by atoms with Crippen LogP contribution in [0.15, 0.2) is 24.3 Å². The van der Waals surface area contributed by atoms with Crippen molar-refractivity contribution in [2.45, 2.75) is 38.8 Å². The van der Waals surface area contributed by atoms with Crippen molar-refractivity contribution in [3.63, 3.8) is 0 Å². The van der Waals surface area contributed by atoms with E-state index in [1.165, 1.54) is 0 Å². The Morgan fingerprint density at radius 3 is 2.86 bits per heavy atom. The van der Waals surface area contributed by atoms with Gasteiger partial charge in [-0.25, -0.2) is 0 Å². The summed E-state index contributed by atoms with van der Waals surface area (Å²) in [5.41, 5.74) is 1.78. The molecule has 0 unspecified atom stereocenters. The van der Waals surface area contributed by atoms with Crippen molar-refractivity contribution in [1.29, 1.82) is 0 Å². The van der Waals surface area contributed by atoms with Crippen LogP contribution in [0.3, 0.4) is 0 Å². The maximum absolute atomic E-state index is 12.2. The van der Waals surface area contributed by atoms with Crippen LogP contribution in [0, 0.1) is 0 Å². The van der Waals surface area contributed by atoms with Gasteiger partial charge in [0.25, 0.3) is 0 Å². The molecule has 2 N–H and O–H groups in total.